The Balaban J connectivity index is 1.87. The molecule has 7 nitrogen and oxygen atoms in total. The lowest BCUT2D eigenvalue weighted by Gasteiger charge is -2.31. The Bertz CT molecular complexity index is 661. The molecule has 0 fully saturated rings. The lowest BCUT2D eigenvalue weighted by molar-refractivity contribution is 0.0640. The van der Waals surface area contributed by atoms with Crippen LogP contribution >= 0.6 is 0 Å². The SMILES string of the molecule is COC[C@@H]1CN(C(=O)c2ccc(C)o2)Cc2nnn(C)c21. The Hall–Kier alpha value is -2.15. The van der Waals surface area contributed by atoms with Gasteiger partial charge in [-0.2, -0.15) is 0 Å². The van der Waals surface area contributed by atoms with Crippen LogP contribution in [0.3, 0.4) is 0 Å². The molecular weight excluding hydrogens is 272 g/mol. The summed E-state index contributed by atoms with van der Waals surface area (Å²) in [6, 6.07) is 3.49. The van der Waals surface area contributed by atoms with Gasteiger partial charge in [0.05, 0.1) is 18.8 Å². The lowest BCUT2D eigenvalue weighted by atomic mass is 9.99. The molecule has 0 aliphatic carbocycles. The highest BCUT2D eigenvalue weighted by molar-refractivity contribution is 5.91. The summed E-state index contributed by atoms with van der Waals surface area (Å²) in [6.07, 6.45) is 0. The van der Waals surface area contributed by atoms with E-state index in [1.165, 1.54) is 0 Å². The second-order valence-corrected chi connectivity index (χ2v) is 5.29. The third-order valence-corrected chi connectivity index (χ3v) is 3.72. The number of hydrogen-bond donors (Lipinski definition) is 0. The number of fused-ring (bicyclic) bond motifs is 1. The van der Waals surface area contributed by atoms with Gasteiger partial charge >= 0.3 is 0 Å². The largest absolute Gasteiger partial charge is 0.456 e. The van der Waals surface area contributed by atoms with Crippen LogP contribution in [0, 0.1) is 6.92 Å². The van der Waals surface area contributed by atoms with Crippen molar-refractivity contribution < 1.29 is 13.9 Å². The number of amides is 1. The predicted molar refractivity (Wildman–Crippen MR) is 73.8 cm³/mol. The third-order valence-electron chi connectivity index (χ3n) is 3.72. The van der Waals surface area contributed by atoms with E-state index in [0.29, 0.717) is 25.5 Å². The zero-order valence-electron chi connectivity index (χ0n) is 12.4. The Morgan fingerprint density at radius 3 is 3.00 bits per heavy atom. The van der Waals surface area contributed by atoms with E-state index in [4.69, 9.17) is 9.15 Å². The molecule has 0 spiro atoms. The number of furan rings is 1. The Morgan fingerprint density at radius 2 is 2.33 bits per heavy atom. The van der Waals surface area contributed by atoms with Crippen LogP contribution in [-0.2, 0) is 18.3 Å². The van der Waals surface area contributed by atoms with Crippen LogP contribution in [0.5, 0.6) is 0 Å². The van der Waals surface area contributed by atoms with E-state index >= 15 is 0 Å². The maximum atomic E-state index is 12.5. The van der Waals surface area contributed by atoms with Gasteiger partial charge in [0.2, 0.25) is 0 Å². The number of ether oxygens (including phenoxy) is 1. The van der Waals surface area contributed by atoms with Gasteiger partial charge in [0.15, 0.2) is 5.76 Å². The van der Waals surface area contributed by atoms with Crippen LogP contribution in [-0.4, -0.2) is 46.1 Å². The Labute approximate surface area is 122 Å². The Kier molecular flexibility index (Phi) is 3.50. The van der Waals surface area contributed by atoms with Gasteiger partial charge in [-0.05, 0) is 19.1 Å². The number of rotatable bonds is 3. The lowest BCUT2D eigenvalue weighted by Crippen LogP contribution is -2.40. The highest BCUT2D eigenvalue weighted by atomic mass is 16.5. The number of nitrogens with zero attached hydrogens (tertiary/aromatic N) is 4. The fourth-order valence-corrected chi connectivity index (χ4v) is 2.81. The van der Waals surface area contributed by atoms with Gasteiger partial charge in [-0.15, -0.1) is 5.10 Å². The van der Waals surface area contributed by atoms with E-state index in [9.17, 15) is 4.79 Å². The maximum Gasteiger partial charge on any atom is 0.289 e. The summed E-state index contributed by atoms with van der Waals surface area (Å²) in [6.45, 7) is 3.36. The molecule has 0 saturated heterocycles. The van der Waals surface area contributed by atoms with Crippen LogP contribution in [0.25, 0.3) is 0 Å². The van der Waals surface area contributed by atoms with Crippen molar-refractivity contribution in [2.75, 3.05) is 20.3 Å². The number of carbonyl (C=O) groups excluding carboxylic acids is 1. The van der Waals surface area contributed by atoms with E-state index in [1.807, 2.05) is 14.0 Å². The van der Waals surface area contributed by atoms with Crippen molar-refractivity contribution in [2.24, 2.45) is 7.05 Å². The van der Waals surface area contributed by atoms with Crippen molar-refractivity contribution in [3.63, 3.8) is 0 Å². The van der Waals surface area contributed by atoms with Gasteiger partial charge in [0, 0.05) is 26.6 Å². The number of methoxy groups -OCH3 is 1. The van der Waals surface area contributed by atoms with Crippen LogP contribution in [0.4, 0.5) is 0 Å². The van der Waals surface area contributed by atoms with Gasteiger partial charge in [0.1, 0.15) is 11.5 Å². The molecule has 0 bridgehead atoms. The molecule has 3 rings (SSSR count). The molecule has 3 heterocycles. The topological polar surface area (TPSA) is 73.4 Å². The van der Waals surface area contributed by atoms with E-state index in [0.717, 1.165) is 17.1 Å². The quantitative estimate of drug-likeness (QED) is 0.846. The number of aromatic nitrogens is 3. The van der Waals surface area contributed by atoms with E-state index in [-0.39, 0.29) is 11.8 Å². The second-order valence-electron chi connectivity index (χ2n) is 5.29. The average molecular weight is 290 g/mol. The van der Waals surface area contributed by atoms with E-state index < -0.39 is 0 Å². The second kappa shape index (κ2) is 5.33. The maximum absolute atomic E-state index is 12.5. The average Bonchev–Trinajstić information content (AvgIpc) is 3.05. The van der Waals surface area contributed by atoms with Crippen molar-refractivity contribution in [2.45, 2.75) is 19.4 Å². The summed E-state index contributed by atoms with van der Waals surface area (Å²) >= 11 is 0. The van der Waals surface area contributed by atoms with Gasteiger partial charge in [-0.3, -0.25) is 9.48 Å². The van der Waals surface area contributed by atoms with E-state index in [2.05, 4.69) is 10.3 Å². The third kappa shape index (κ3) is 2.44. The molecule has 2 aromatic rings. The molecule has 1 atom stereocenters. The van der Waals surface area contributed by atoms with Gasteiger partial charge in [0.25, 0.3) is 5.91 Å². The molecule has 0 unspecified atom stereocenters. The zero-order valence-corrected chi connectivity index (χ0v) is 12.4. The first-order chi connectivity index (χ1) is 10.1. The van der Waals surface area contributed by atoms with Crippen molar-refractivity contribution in [3.05, 3.63) is 35.0 Å². The van der Waals surface area contributed by atoms with Gasteiger partial charge in [-0.1, -0.05) is 5.21 Å². The summed E-state index contributed by atoms with van der Waals surface area (Å²) < 4.78 is 12.5. The minimum Gasteiger partial charge on any atom is -0.456 e. The summed E-state index contributed by atoms with van der Waals surface area (Å²) in [5.41, 5.74) is 1.86. The summed E-state index contributed by atoms with van der Waals surface area (Å²) in [7, 11) is 3.52. The first kappa shape index (κ1) is 13.8. The van der Waals surface area contributed by atoms with Crippen LogP contribution in [0.15, 0.2) is 16.5 Å². The highest BCUT2D eigenvalue weighted by Crippen LogP contribution is 2.27. The first-order valence-corrected chi connectivity index (χ1v) is 6.83. The smallest absolute Gasteiger partial charge is 0.289 e. The minimum absolute atomic E-state index is 0.0683. The number of carbonyl (C=O) groups is 1. The van der Waals surface area contributed by atoms with Crippen molar-refractivity contribution in [1.29, 1.82) is 0 Å². The Morgan fingerprint density at radius 1 is 1.52 bits per heavy atom. The van der Waals surface area contributed by atoms with Crippen molar-refractivity contribution >= 4 is 5.91 Å². The van der Waals surface area contributed by atoms with Crippen molar-refractivity contribution in [3.8, 4) is 0 Å². The fourth-order valence-electron chi connectivity index (χ4n) is 2.81. The summed E-state index contributed by atoms with van der Waals surface area (Å²) in [5.74, 6) is 1.03. The van der Waals surface area contributed by atoms with Crippen molar-refractivity contribution in [1.82, 2.24) is 19.9 Å². The molecule has 2 aromatic heterocycles. The van der Waals surface area contributed by atoms with Crippen LogP contribution in [0.1, 0.15) is 33.6 Å². The van der Waals surface area contributed by atoms with E-state index in [1.54, 1.807) is 28.8 Å². The molecule has 7 heteroatoms. The molecule has 112 valence electrons. The summed E-state index contributed by atoms with van der Waals surface area (Å²) in [4.78, 5) is 14.3. The highest BCUT2D eigenvalue weighted by Gasteiger charge is 2.33. The molecular formula is C14H18N4O3. The molecule has 1 amide bonds. The van der Waals surface area contributed by atoms with Crippen LogP contribution < -0.4 is 0 Å². The van der Waals surface area contributed by atoms with Gasteiger partial charge in [-0.25, -0.2) is 0 Å². The molecule has 0 aromatic carbocycles. The molecule has 1 aliphatic rings. The monoisotopic (exact) mass is 290 g/mol. The number of aryl methyl sites for hydroxylation is 2. The van der Waals surface area contributed by atoms with Gasteiger partial charge < -0.3 is 14.1 Å². The predicted octanol–water partition coefficient (Wildman–Crippen LogP) is 1.10. The molecule has 1 aliphatic heterocycles. The minimum atomic E-state index is -0.125. The molecule has 21 heavy (non-hydrogen) atoms. The normalized spacial score (nSPS) is 17.9. The summed E-state index contributed by atoms with van der Waals surface area (Å²) in [5, 5.41) is 8.20. The molecule has 0 radical (unpaired) electrons. The van der Waals surface area contributed by atoms with Crippen LogP contribution in [0.2, 0.25) is 0 Å². The molecule has 0 saturated carbocycles. The number of hydrogen-bond acceptors (Lipinski definition) is 5. The zero-order chi connectivity index (χ0) is 15.0. The molecule has 0 N–H and O–H groups in total. The first-order valence-electron chi connectivity index (χ1n) is 6.83. The fraction of sp³-hybridized carbons (Fsp3) is 0.500. The standard InChI is InChI=1S/C14H18N4O3/c1-9-4-5-12(21-9)14(19)18-6-10(8-20-3)13-11(7-18)15-16-17(13)2/h4-5,10H,6-8H2,1-3H3/t10-/m0/s1.